The topological polar surface area (TPSA) is 194 Å². The Kier molecular flexibility index (Phi) is 10.7. The van der Waals surface area contributed by atoms with Gasteiger partial charge in [0.25, 0.3) is 0 Å². The van der Waals surface area contributed by atoms with Crippen molar-refractivity contribution in [3.8, 4) is 0 Å². The van der Waals surface area contributed by atoms with E-state index in [4.69, 9.17) is 11.5 Å². The van der Waals surface area contributed by atoms with Gasteiger partial charge in [0.1, 0.15) is 12.1 Å². The fourth-order valence-corrected chi connectivity index (χ4v) is 2.09. The third-order valence-electron chi connectivity index (χ3n) is 3.49. The lowest BCUT2D eigenvalue weighted by atomic mass is 10.0. The second kappa shape index (κ2) is 11.8. The molecular formula is C16H29N5O6. The molecule has 0 aliphatic rings. The van der Waals surface area contributed by atoms with Crippen LogP contribution in [-0.4, -0.2) is 59.4 Å². The number of hydrogen-bond acceptors (Lipinski definition) is 6. The molecule has 3 atom stereocenters. The van der Waals surface area contributed by atoms with Crippen LogP contribution < -0.4 is 27.4 Å². The summed E-state index contributed by atoms with van der Waals surface area (Å²) < 4.78 is 0. The second-order valence-electron chi connectivity index (χ2n) is 6.66. The van der Waals surface area contributed by atoms with E-state index in [9.17, 15) is 29.1 Å². The molecule has 11 nitrogen and oxygen atoms in total. The summed E-state index contributed by atoms with van der Waals surface area (Å²) in [5.74, 6) is -3.87. The maximum Gasteiger partial charge on any atom is 0.326 e. The highest BCUT2D eigenvalue weighted by Gasteiger charge is 2.27. The number of nitrogens with two attached hydrogens (primary N) is 2. The molecule has 4 amide bonds. The van der Waals surface area contributed by atoms with Crippen molar-refractivity contribution >= 4 is 29.6 Å². The van der Waals surface area contributed by atoms with Gasteiger partial charge in [0.05, 0.1) is 12.6 Å². The predicted octanol–water partition coefficient (Wildman–Crippen LogP) is -2.18. The molecule has 0 bridgehead atoms. The van der Waals surface area contributed by atoms with E-state index in [0.29, 0.717) is 0 Å². The largest absolute Gasteiger partial charge is 0.480 e. The van der Waals surface area contributed by atoms with Gasteiger partial charge in [-0.15, -0.1) is 0 Å². The van der Waals surface area contributed by atoms with Crippen LogP contribution in [0.25, 0.3) is 0 Å². The number of amides is 4. The average molecular weight is 387 g/mol. The fourth-order valence-electron chi connectivity index (χ4n) is 2.09. The van der Waals surface area contributed by atoms with E-state index in [2.05, 4.69) is 16.0 Å². The number of carboxylic acids is 1. The lowest BCUT2D eigenvalue weighted by Crippen LogP contribution is -2.54. The highest BCUT2D eigenvalue weighted by Crippen LogP contribution is 2.06. The number of carbonyl (C=O) groups excluding carboxylic acids is 4. The predicted molar refractivity (Wildman–Crippen MR) is 96.0 cm³/mol. The third kappa shape index (κ3) is 10.8. The van der Waals surface area contributed by atoms with E-state index in [1.54, 1.807) is 13.8 Å². The Labute approximate surface area is 157 Å². The molecule has 0 aromatic rings. The summed E-state index contributed by atoms with van der Waals surface area (Å²) in [5.41, 5.74) is 10.4. The summed E-state index contributed by atoms with van der Waals surface area (Å²) in [6, 6.07) is -3.12. The van der Waals surface area contributed by atoms with Crippen molar-refractivity contribution in [1.82, 2.24) is 16.0 Å². The fraction of sp³-hybridized carbons (Fsp3) is 0.688. The maximum absolute atomic E-state index is 12.4. The Morgan fingerprint density at radius 3 is 2.00 bits per heavy atom. The minimum atomic E-state index is -1.21. The molecule has 0 saturated carbocycles. The van der Waals surface area contributed by atoms with Crippen molar-refractivity contribution in [3.63, 3.8) is 0 Å². The summed E-state index contributed by atoms with van der Waals surface area (Å²) in [6.45, 7) is 4.62. The van der Waals surface area contributed by atoms with Crippen LogP contribution in [0, 0.1) is 5.92 Å². The van der Waals surface area contributed by atoms with E-state index in [0.717, 1.165) is 0 Å². The van der Waals surface area contributed by atoms with Crippen molar-refractivity contribution in [2.45, 2.75) is 58.2 Å². The van der Waals surface area contributed by atoms with Crippen LogP contribution in [0.1, 0.15) is 40.0 Å². The SMILES string of the molecule is CC(C)CC(NC(=O)C(CCC(N)=O)NC(=O)CNC(=O)C(C)N)C(=O)O. The summed E-state index contributed by atoms with van der Waals surface area (Å²) in [7, 11) is 0. The lowest BCUT2D eigenvalue weighted by Gasteiger charge is -2.22. The van der Waals surface area contributed by atoms with Gasteiger partial charge in [0.2, 0.25) is 23.6 Å². The summed E-state index contributed by atoms with van der Waals surface area (Å²) >= 11 is 0. The molecule has 0 aliphatic carbocycles. The molecule has 0 aliphatic heterocycles. The molecule has 27 heavy (non-hydrogen) atoms. The van der Waals surface area contributed by atoms with Gasteiger partial charge < -0.3 is 32.5 Å². The molecule has 0 saturated heterocycles. The number of aliphatic carboxylic acids is 1. The molecule has 11 heteroatoms. The number of primary amides is 1. The molecule has 0 heterocycles. The van der Waals surface area contributed by atoms with Crippen LogP contribution in [0.5, 0.6) is 0 Å². The molecule has 0 fully saturated rings. The molecule has 0 spiro atoms. The Balaban J connectivity index is 4.97. The number of rotatable bonds is 12. The van der Waals surface area contributed by atoms with Crippen LogP contribution in [0.3, 0.4) is 0 Å². The van der Waals surface area contributed by atoms with Crippen LogP contribution in [0.4, 0.5) is 0 Å². The first kappa shape index (κ1) is 24.3. The van der Waals surface area contributed by atoms with E-state index >= 15 is 0 Å². The van der Waals surface area contributed by atoms with Gasteiger partial charge in [0.15, 0.2) is 0 Å². The first-order valence-electron chi connectivity index (χ1n) is 8.58. The molecule has 0 aromatic carbocycles. The lowest BCUT2D eigenvalue weighted by molar-refractivity contribution is -0.142. The van der Waals surface area contributed by atoms with E-state index in [1.807, 2.05) is 0 Å². The minimum Gasteiger partial charge on any atom is -0.480 e. The van der Waals surface area contributed by atoms with Crippen molar-refractivity contribution < 1.29 is 29.1 Å². The van der Waals surface area contributed by atoms with Gasteiger partial charge in [-0.3, -0.25) is 19.2 Å². The quantitative estimate of drug-likeness (QED) is 0.219. The molecule has 0 radical (unpaired) electrons. The summed E-state index contributed by atoms with van der Waals surface area (Å²) in [6.07, 6.45) is -0.101. The van der Waals surface area contributed by atoms with Crippen molar-refractivity contribution in [2.24, 2.45) is 17.4 Å². The molecule has 0 aromatic heterocycles. The molecule has 8 N–H and O–H groups in total. The number of nitrogens with one attached hydrogen (secondary N) is 3. The normalized spacial score (nSPS) is 14.0. The van der Waals surface area contributed by atoms with Gasteiger partial charge in [-0.25, -0.2) is 4.79 Å². The average Bonchev–Trinajstić information content (AvgIpc) is 2.54. The first-order chi connectivity index (χ1) is 12.4. The molecular weight excluding hydrogens is 358 g/mol. The van der Waals surface area contributed by atoms with Gasteiger partial charge >= 0.3 is 5.97 Å². The molecule has 3 unspecified atom stereocenters. The van der Waals surface area contributed by atoms with Crippen molar-refractivity contribution in [2.75, 3.05) is 6.54 Å². The Bertz CT molecular complexity index is 564. The van der Waals surface area contributed by atoms with Crippen LogP contribution in [-0.2, 0) is 24.0 Å². The van der Waals surface area contributed by atoms with Crippen LogP contribution in [0.15, 0.2) is 0 Å². The van der Waals surface area contributed by atoms with Crippen LogP contribution >= 0.6 is 0 Å². The number of carbonyl (C=O) groups is 5. The first-order valence-corrected chi connectivity index (χ1v) is 8.58. The van der Waals surface area contributed by atoms with Gasteiger partial charge in [-0.1, -0.05) is 13.8 Å². The highest BCUT2D eigenvalue weighted by molar-refractivity contribution is 5.92. The Morgan fingerprint density at radius 1 is 0.963 bits per heavy atom. The van der Waals surface area contributed by atoms with Gasteiger partial charge in [0, 0.05) is 6.42 Å². The molecule has 154 valence electrons. The summed E-state index contributed by atoms with van der Waals surface area (Å²) in [4.78, 5) is 58.0. The zero-order valence-electron chi connectivity index (χ0n) is 15.8. The third-order valence-corrected chi connectivity index (χ3v) is 3.49. The Hall–Kier alpha value is -2.69. The Morgan fingerprint density at radius 2 is 1.56 bits per heavy atom. The monoisotopic (exact) mass is 387 g/mol. The van der Waals surface area contributed by atoms with Crippen LogP contribution in [0.2, 0.25) is 0 Å². The zero-order chi connectivity index (χ0) is 21.1. The van der Waals surface area contributed by atoms with Gasteiger partial charge in [-0.2, -0.15) is 0 Å². The van der Waals surface area contributed by atoms with E-state index in [-0.39, 0.29) is 25.2 Å². The smallest absolute Gasteiger partial charge is 0.326 e. The zero-order valence-corrected chi connectivity index (χ0v) is 15.8. The van der Waals surface area contributed by atoms with E-state index < -0.39 is 54.3 Å². The van der Waals surface area contributed by atoms with Crippen molar-refractivity contribution in [3.05, 3.63) is 0 Å². The van der Waals surface area contributed by atoms with Gasteiger partial charge in [-0.05, 0) is 25.7 Å². The minimum absolute atomic E-state index is 0.0125. The van der Waals surface area contributed by atoms with E-state index in [1.165, 1.54) is 6.92 Å². The maximum atomic E-state index is 12.4. The molecule has 0 rings (SSSR count). The highest BCUT2D eigenvalue weighted by atomic mass is 16.4. The second-order valence-corrected chi connectivity index (χ2v) is 6.66. The standard InChI is InChI=1S/C16H29N5O6/c1-8(2)6-11(16(26)27)21-15(25)10(4-5-12(18)22)20-13(23)7-19-14(24)9(3)17/h8-11H,4-7,17H2,1-3H3,(H2,18,22)(H,19,24)(H,20,23)(H,21,25)(H,26,27). The number of carboxylic acid groups (broad SMARTS) is 1. The summed E-state index contributed by atoms with van der Waals surface area (Å²) in [5, 5.41) is 16.2. The van der Waals surface area contributed by atoms with Crippen molar-refractivity contribution in [1.29, 1.82) is 0 Å². The number of hydrogen-bond donors (Lipinski definition) is 6.